The van der Waals surface area contributed by atoms with Gasteiger partial charge in [-0.25, -0.2) is 0 Å². The Morgan fingerprint density at radius 2 is 2.19 bits per heavy atom. The fourth-order valence-corrected chi connectivity index (χ4v) is 2.36. The molecular weight excluding hydrogens is 276 g/mol. The molecule has 16 heavy (non-hydrogen) atoms. The lowest BCUT2D eigenvalue weighted by Gasteiger charge is -2.22. The monoisotopic (exact) mass is 286 g/mol. The maximum absolute atomic E-state index is 10.7. The standard InChI is InChI=1S/C11H11BrO4/c1-6-7(4-10(13)14)8(12)5-9-11(6)16-3-2-15-9/h5H,2-4H2,1H3,(H,13,14). The maximum atomic E-state index is 10.7. The van der Waals surface area contributed by atoms with Gasteiger partial charge >= 0.3 is 5.97 Å². The van der Waals surface area contributed by atoms with E-state index in [-0.39, 0.29) is 6.42 Å². The van der Waals surface area contributed by atoms with Crippen molar-refractivity contribution in [3.8, 4) is 11.5 Å². The van der Waals surface area contributed by atoms with E-state index in [9.17, 15) is 4.79 Å². The minimum atomic E-state index is -0.861. The molecule has 0 amide bonds. The normalized spacial score (nSPS) is 13.6. The molecule has 1 aromatic rings. The van der Waals surface area contributed by atoms with E-state index >= 15 is 0 Å². The Bertz CT molecular complexity index is 442. The van der Waals surface area contributed by atoms with Crippen LogP contribution in [-0.2, 0) is 11.2 Å². The molecule has 0 saturated heterocycles. The van der Waals surface area contributed by atoms with Crippen molar-refractivity contribution in [1.29, 1.82) is 0 Å². The molecule has 0 unspecified atom stereocenters. The SMILES string of the molecule is Cc1c(CC(=O)O)c(Br)cc2c1OCCO2. The molecule has 0 bridgehead atoms. The number of carboxylic acids is 1. The molecule has 0 radical (unpaired) electrons. The van der Waals surface area contributed by atoms with Crippen molar-refractivity contribution in [2.75, 3.05) is 13.2 Å². The number of carbonyl (C=O) groups is 1. The third kappa shape index (κ3) is 2.00. The van der Waals surface area contributed by atoms with E-state index in [1.54, 1.807) is 6.07 Å². The number of fused-ring (bicyclic) bond motifs is 1. The van der Waals surface area contributed by atoms with E-state index in [0.29, 0.717) is 24.7 Å². The van der Waals surface area contributed by atoms with Gasteiger partial charge in [-0.05, 0) is 24.1 Å². The second kappa shape index (κ2) is 4.33. The van der Waals surface area contributed by atoms with Gasteiger partial charge in [0, 0.05) is 4.47 Å². The number of benzene rings is 1. The Labute approximate surface area is 101 Å². The molecule has 1 aliphatic rings. The number of hydrogen-bond donors (Lipinski definition) is 1. The Hall–Kier alpha value is -1.23. The summed E-state index contributed by atoms with van der Waals surface area (Å²) in [6.45, 7) is 2.87. The zero-order chi connectivity index (χ0) is 11.7. The highest BCUT2D eigenvalue weighted by molar-refractivity contribution is 9.10. The maximum Gasteiger partial charge on any atom is 0.307 e. The number of ether oxygens (including phenoxy) is 2. The van der Waals surface area contributed by atoms with Gasteiger partial charge in [0.05, 0.1) is 6.42 Å². The zero-order valence-electron chi connectivity index (χ0n) is 8.75. The van der Waals surface area contributed by atoms with E-state index < -0.39 is 5.97 Å². The van der Waals surface area contributed by atoms with Crippen LogP contribution in [0.25, 0.3) is 0 Å². The predicted molar refractivity (Wildman–Crippen MR) is 61.2 cm³/mol. The molecular formula is C11H11BrO4. The minimum absolute atomic E-state index is 0.0247. The number of hydrogen-bond acceptors (Lipinski definition) is 3. The van der Waals surface area contributed by atoms with Crippen molar-refractivity contribution in [3.05, 3.63) is 21.7 Å². The molecule has 2 rings (SSSR count). The highest BCUT2D eigenvalue weighted by Gasteiger charge is 2.20. The van der Waals surface area contributed by atoms with Crippen molar-refractivity contribution in [3.63, 3.8) is 0 Å². The average Bonchev–Trinajstić information content (AvgIpc) is 2.24. The fraction of sp³-hybridized carbons (Fsp3) is 0.364. The van der Waals surface area contributed by atoms with Crippen LogP contribution in [0.5, 0.6) is 11.5 Å². The van der Waals surface area contributed by atoms with Crippen LogP contribution < -0.4 is 9.47 Å². The molecule has 0 fully saturated rings. The second-order valence-electron chi connectivity index (χ2n) is 3.56. The first-order valence-electron chi connectivity index (χ1n) is 4.89. The van der Waals surface area contributed by atoms with Gasteiger partial charge in [-0.2, -0.15) is 0 Å². The quantitative estimate of drug-likeness (QED) is 0.905. The van der Waals surface area contributed by atoms with E-state index in [0.717, 1.165) is 15.6 Å². The second-order valence-corrected chi connectivity index (χ2v) is 4.41. The van der Waals surface area contributed by atoms with Crippen LogP contribution in [0.1, 0.15) is 11.1 Å². The first kappa shape index (κ1) is 11.3. The molecule has 1 heterocycles. The van der Waals surface area contributed by atoms with Crippen LogP contribution in [0.4, 0.5) is 0 Å². The van der Waals surface area contributed by atoms with Gasteiger partial charge < -0.3 is 14.6 Å². The van der Waals surface area contributed by atoms with Gasteiger partial charge in [-0.3, -0.25) is 4.79 Å². The predicted octanol–water partition coefficient (Wildman–Crippen LogP) is 2.16. The first-order valence-corrected chi connectivity index (χ1v) is 5.68. The highest BCUT2D eigenvalue weighted by Crippen LogP contribution is 2.39. The first-order chi connectivity index (χ1) is 7.59. The molecule has 1 aromatic carbocycles. The van der Waals surface area contributed by atoms with E-state index in [4.69, 9.17) is 14.6 Å². The molecule has 0 aromatic heterocycles. The third-order valence-electron chi connectivity index (χ3n) is 2.48. The molecule has 0 spiro atoms. The van der Waals surface area contributed by atoms with Crippen LogP contribution in [-0.4, -0.2) is 24.3 Å². The number of aliphatic carboxylic acids is 1. The number of halogens is 1. The lowest BCUT2D eigenvalue weighted by Crippen LogP contribution is -2.17. The number of carboxylic acid groups (broad SMARTS) is 1. The smallest absolute Gasteiger partial charge is 0.307 e. The molecule has 86 valence electrons. The molecule has 0 saturated carbocycles. The summed E-state index contributed by atoms with van der Waals surface area (Å²) in [5.41, 5.74) is 1.56. The van der Waals surface area contributed by atoms with Gasteiger partial charge in [-0.15, -0.1) is 0 Å². The molecule has 0 atom stereocenters. The summed E-state index contributed by atoms with van der Waals surface area (Å²) in [7, 11) is 0. The van der Waals surface area contributed by atoms with E-state index in [2.05, 4.69) is 15.9 Å². The van der Waals surface area contributed by atoms with Crippen LogP contribution >= 0.6 is 15.9 Å². The van der Waals surface area contributed by atoms with Gasteiger partial charge in [0.1, 0.15) is 13.2 Å². The van der Waals surface area contributed by atoms with Gasteiger partial charge in [0.2, 0.25) is 0 Å². The van der Waals surface area contributed by atoms with Crippen molar-refractivity contribution in [2.24, 2.45) is 0 Å². The van der Waals surface area contributed by atoms with Crippen LogP contribution in [0.15, 0.2) is 10.5 Å². The molecule has 1 aliphatic heterocycles. The van der Waals surface area contributed by atoms with E-state index in [1.807, 2.05) is 6.92 Å². The Balaban J connectivity index is 2.49. The fourth-order valence-electron chi connectivity index (χ4n) is 1.72. The van der Waals surface area contributed by atoms with Crippen molar-refractivity contribution < 1.29 is 19.4 Å². The Morgan fingerprint density at radius 3 is 2.88 bits per heavy atom. The summed E-state index contributed by atoms with van der Waals surface area (Å²) in [6.07, 6.45) is -0.0247. The molecule has 4 nitrogen and oxygen atoms in total. The summed E-state index contributed by atoms with van der Waals surface area (Å²) < 4.78 is 11.7. The largest absolute Gasteiger partial charge is 0.486 e. The molecule has 0 aliphatic carbocycles. The van der Waals surface area contributed by atoms with Crippen molar-refractivity contribution in [1.82, 2.24) is 0 Å². The third-order valence-corrected chi connectivity index (χ3v) is 3.19. The topological polar surface area (TPSA) is 55.8 Å². The van der Waals surface area contributed by atoms with Crippen molar-refractivity contribution in [2.45, 2.75) is 13.3 Å². The Kier molecular flexibility index (Phi) is 3.05. The van der Waals surface area contributed by atoms with Gasteiger partial charge in [-0.1, -0.05) is 15.9 Å². The number of rotatable bonds is 2. The van der Waals surface area contributed by atoms with Crippen LogP contribution in [0.3, 0.4) is 0 Å². The summed E-state index contributed by atoms with van der Waals surface area (Å²) in [5, 5.41) is 8.83. The Morgan fingerprint density at radius 1 is 1.50 bits per heavy atom. The lowest BCUT2D eigenvalue weighted by molar-refractivity contribution is -0.136. The zero-order valence-corrected chi connectivity index (χ0v) is 10.3. The average molecular weight is 287 g/mol. The summed E-state index contributed by atoms with van der Waals surface area (Å²) in [5.74, 6) is 0.468. The highest BCUT2D eigenvalue weighted by atomic mass is 79.9. The molecule has 5 heteroatoms. The summed E-state index contributed by atoms with van der Waals surface area (Å²) in [4.78, 5) is 10.7. The minimum Gasteiger partial charge on any atom is -0.486 e. The van der Waals surface area contributed by atoms with Crippen LogP contribution in [0, 0.1) is 6.92 Å². The summed E-state index contributed by atoms with van der Waals surface area (Å²) >= 11 is 3.36. The van der Waals surface area contributed by atoms with Crippen molar-refractivity contribution >= 4 is 21.9 Å². The van der Waals surface area contributed by atoms with Gasteiger partial charge in [0.15, 0.2) is 11.5 Å². The lowest BCUT2D eigenvalue weighted by atomic mass is 10.0. The van der Waals surface area contributed by atoms with E-state index in [1.165, 1.54) is 0 Å². The molecule has 1 N–H and O–H groups in total. The van der Waals surface area contributed by atoms with Gasteiger partial charge in [0.25, 0.3) is 0 Å². The van der Waals surface area contributed by atoms with Crippen LogP contribution in [0.2, 0.25) is 0 Å². The summed E-state index contributed by atoms with van der Waals surface area (Å²) in [6, 6.07) is 1.76.